The molecule has 0 radical (unpaired) electrons. The lowest BCUT2D eigenvalue weighted by Crippen LogP contribution is -1.92. The molecule has 0 bridgehead atoms. The molecule has 1 aromatic carbocycles. The number of hydrogen-bond donors (Lipinski definition) is 0. The van der Waals surface area contributed by atoms with Crippen LogP contribution in [0.15, 0.2) is 66.2 Å². The summed E-state index contributed by atoms with van der Waals surface area (Å²) in [5, 5.41) is 2.73. The van der Waals surface area contributed by atoms with Gasteiger partial charge in [-0.2, -0.15) is 0 Å². The van der Waals surface area contributed by atoms with Gasteiger partial charge in [0.2, 0.25) is 0 Å². The molecule has 0 amide bonds. The summed E-state index contributed by atoms with van der Waals surface area (Å²) in [5.41, 5.74) is 2.39. The predicted molar refractivity (Wildman–Crippen MR) is 88.2 cm³/mol. The zero-order valence-electron chi connectivity index (χ0n) is 11.5. The second kappa shape index (κ2) is 5.31. The van der Waals surface area contributed by atoms with E-state index in [9.17, 15) is 4.39 Å². The zero-order chi connectivity index (χ0) is 14.9. The number of fused-ring (bicyclic) bond motifs is 1. The summed E-state index contributed by atoms with van der Waals surface area (Å²) >= 11 is 1.52. The Morgan fingerprint density at radius 1 is 0.864 bits per heavy atom. The third-order valence-electron chi connectivity index (χ3n) is 3.51. The second-order valence-electron chi connectivity index (χ2n) is 4.89. The van der Waals surface area contributed by atoms with Crippen LogP contribution < -0.4 is 0 Å². The molecule has 0 fully saturated rings. The maximum absolute atomic E-state index is 14.9. The van der Waals surface area contributed by atoms with E-state index in [1.54, 1.807) is 6.20 Å². The lowest BCUT2D eigenvalue weighted by molar-refractivity contribution is 0.640. The molecule has 0 N–H and O–H groups in total. The molecule has 0 aliphatic rings. The first-order chi connectivity index (χ1) is 10.8. The number of benzene rings is 1. The molecule has 0 saturated heterocycles. The molecule has 4 rings (SSSR count). The molecule has 3 aromatic heterocycles. The van der Waals surface area contributed by atoms with E-state index in [4.69, 9.17) is 0 Å². The summed E-state index contributed by atoms with van der Waals surface area (Å²) in [4.78, 5) is 9.66. The van der Waals surface area contributed by atoms with E-state index in [0.717, 1.165) is 16.0 Å². The number of hydrogen-bond acceptors (Lipinski definition) is 3. The number of halogens is 1. The van der Waals surface area contributed by atoms with Crippen LogP contribution in [0.1, 0.15) is 0 Å². The molecular weight excluding hydrogens is 295 g/mol. The lowest BCUT2D eigenvalue weighted by Gasteiger charge is -2.06. The van der Waals surface area contributed by atoms with Gasteiger partial charge in [-0.25, -0.2) is 9.37 Å². The van der Waals surface area contributed by atoms with Gasteiger partial charge in [-0.1, -0.05) is 24.3 Å². The van der Waals surface area contributed by atoms with Crippen LogP contribution in [-0.4, -0.2) is 9.97 Å². The van der Waals surface area contributed by atoms with Gasteiger partial charge in [0.25, 0.3) is 0 Å². The van der Waals surface area contributed by atoms with Crippen molar-refractivity contribution in [1.29, 1.82) is 0 Å². The topological polar surface area (TPSA) is 25.8 Å². The minimum Gasteiger partial charge on any atom is -0.255 e. The fourth-order valence-electron chi connectivity index (χ4n) is 2.43. The van der Waals surface area contributed by atoms with Crippen LogP contribution in [0.25, 0.3) is 32.7 Å². The molecule has 4 aromatic rings. The van der Waals surface area contributed by atoms with Crippen LogP contribution in [0.5, 0.6) is 0 Å². The van der Waals surface area contributed by atoms with Crippen LogP contribution in [0.3, 0.4) is 0 Å². The first kappa shape index (κ1) is 13.1. The second-order valence-corrected chi connectivity index (χ2v) is 5.84. The van der Waals surface area contributed by atoms with E-state index in [1.165, 1.54) is 11.3 Å². The van der Waals surface area contributed by atoms with Gasteiger partial charge in [0, 0.05) is 22.0 Å². The first-order valence-electron chi connectivity index (χ1n) is 6.87. The summed E-state index contributed by atoms with van der Waals surface area (Å²) in [6.07, 6.45) is 1.71. The molecule has 22 heavy (non-hydrogen) atoms. The lowest BCUT2D eigenvalue weighted by atomic mass is 10.1. The van der Waals surface area contributed by atoms with E-state index >= 15 is 0 Å². The van der Waals surface area contributed by atoms with Crippen LogP contribution in [-0.2, 0) is 0 Å². The van der Waals surface area contributed by atoms with Gasteiger partial charge in [-0.3, -0.25) is 4.98 Å². The average molecular weight is 306 g/mol. The van der Waals surface area contributed by atoms with Crippen molar-refractivity contribution in [3.63, 3.8) is 0 Å². The summed E-state index contributed by atoms with van der Waals surface area (Å²) in [6, 6.07) is 16.9. The van der Waals surface area contributed by atoms with E-state index < -0.39 is 0 Å². The normalized spacial score (nSPS) is 11.0. The Morgan fingerprint density at radius 2 is 1.77 bits per heavy atom. The molecule has 0 atom stereocenters. The Kier molecular flexibility index (Phi) is 3.16. The summed E-state index contributed by atoms with van der Waals surface area (Å²) in [7, 11) is 0. The maximum Gasteiger partial charge on any atom is 0.158 e. The zero-order valence-corrected chi connectivity index (χ0v) is 12.3. The van der Waals surface area contributed by atoms with Crippen molar-refractivity contribution in [1.82, 2.24) is 9.97 Å². The third-order valence-corrected chi connectivity index (χ3v) is 4.42. The highest BCUT2D eigenvalue weighted by molar-refractivity contribution is 7.13. The highest BCUT2D eigenvalue weighted by Crippen LogP contribution is 2.31. The third kappa shape index (κ3) is 2.18. The fourth-order valence-corrected chi connectivity index (χ4v) is 3.18. The van der Waals surface area contributed by atoms with Crippen molar-refractivity contribution in [2.45, 2.75) is 0 Å². The van der Waals surface area contributed by atoms with Crippen LogP contribution in [0.4, 0.5) is 4.39 Å². The number of nitrogens with zero attached hydrogens (tertiary/aromatic N) is 2. The number of rotatable bonds is 2. The van der Waals surface area contributed by atoms with Crippen molar-refractivity contribution in [3.05, 3.63) is 72.0 Å². The molecule has 0 aliphatic heterocycles. The summed E-state index contributed by atoms with van der Waals surface area (Å²) in [5.74, 6) is -0.280. The molecular formula is C18H11FN2S. The van der Waals surface area contributed by atoms with Crippen molar-refractivity contribution >= 4 is 22.2 Å². The van der Waals surface area contributed by atoms with Crippen molar-refractivity contribution in [2.75, 3.05) is 0 Å². The Morgan fingerprint density at radius 3 is 2.55 bits per heavy atom. The maximum atomic E-state index is 14.9. The molecule has 106 valence electrons. The number of pyridine rings is 2. The molecule has 2 nitrogen and oxygen atoms in total. The summed E-state index contributed by atoms with van der Waals surface area (Å²) in [6.45, 7) is 0. The van der Waals surface area contributed by atoms with E-state index in [1.807, 2.05) is 60.0 Å². The molecule has 0 spiro atoms. The van der Waals surface area contributed by atoms with E-state index in [2.05, 4.69) is 9.97 Å². The van der Waals surface area contributed by atoms with Crippen molar-refractivity contribution in [2.24, 2.45) is 0 Å². The minimum absolute atomic E-state index is 0.280. The van der Waals surface area contributed by atoms with Gasteiger partial charge in [-0.05, 0) is 35.7 Å². The minimum atomic E-state index is -0.280. The van der Waals surface area contributed by atoms with Gasteiger partial charge in [0.15, 0.2) is 5.82 Å². The number of thiophene rings is 1. The van der Waals surface area contributed by atoms with Gasteiger partial charge in [0.05, 0.1) is 11.4 Å². The van der Waals surface area contributed by atoms with Crippen LogP contribution in [0.2, 0.25) is 0 Å². The van der Waals surface area contributed by atoms with Gasteiger partial charge >= 0.3 is 0 Å². The molecule has 4 heteroatoms. The predicted octanol–water partition coefficient (Wildman–Crippen LogP) is 5.16. The quantitative estimate of drug-likeness (QED) is 0.511. The SMILES string of the molecule is Fc1c(-c2cccs2)ccc2ccc(-c3ccccn3)nc12. The largest absolute Gasteiger partial charge is 0.255 e. The molecule has 0 unspecified atom stereocenters. The average Bonchev–Trinajstić information content (AvgIpc) is 3.10. The van der Waals surface area contributed by atoms with E-state index in [-0.39, 0.29) is 5.82 Å². The molecule has 3 heterocycles. The highest BCUT2D eigenvalue weighted by Gasteiger charge is 2.12. The Bertz CT molecular complexity index is 934. The highest BCUT2D eigenvalue weighted by atomic mass is 32.1. The fraction of sp³-hybridized carbons (Fsp3) is 0. The van der Waals surface area contributed by atoms with E-state index in [0.29, 0.717) is 16.8 Å². The number of aromatic nitrogens is 2. The van der Waals surface area contributed by atoms with Gasteiger partial charge in [0.1, 0.15) is 5.52 Å². The monoisotopic (exact) mass is 306 g/mol. The smallest absolute Gasteiger partial charge is 0.158 e. The van der Waals surface area contributed by atoms with Crippen LogP contribution in [0, 0.1) is 5.82 Å². The molecule has 0 saturated carbocycles. The van der Waals surface area contributed by atoms with Crippen molar-refractivity contribution in [3.8, 4) is 21.8 Å². The van der Waals surface area contributed by atoms with Gasteiger partial charge in [-0.15, -0.1) is 11.3 Å². The first-order valence-corrected chi connectivity index (χ1v) is 7.75. The summed E-state index contributed by atoms with van der Waals surface area (Å²) < 4.78 is 14.9. The standard InChI is InChI=1S/C18H11FN2S/c19-17-13(16-5-3-11-22-16)8-6-12-7-9-15(21-18(12)17)14-4-1-2-10-20-14/h1-11H. The van der Waals surface area contributed by atoms with Crippen LogP contribution >= 0.6 is 11.3 Å². The Balaban J connectivity index is 1.93. The Labute approximate surface area is 130 Å². The van der Waals surface area contributed by atoms with Gasteiger partial charge < -0.3 is 0 Å². The molecule has 0 aliphatic carbocycles. The van der Waals surface area contributed by atoms with Crippen molar-refractivity contribution < 1.29 is 4.39 Å². The Hall–Kier alpha value is -2.59.